The summed E-state index contributed by atoms with van der Waals surface area (Å²) in [4.78, 5) is 26.1. The Labute approximate surface area is 126 Å². The highest BCUT2D eigenvalue weighted by molar-refractivity contribution is 5.82. The van der Waals surface area contributed by atoms with Crippen LogP contribution in [-0.4, -0.2) is 48.1 Å². The molecule has 2 N–H and O–H groups in total. The van der Waals surface area contributed by atoms with E-state index < -0.39 is 0 Å². The van der Waals surface area contributed by atoms with Crippen LogP contribution in [0, 0.1) is 17.3 Å². The molecule has 0 spiro atoms. The molecule has 3 rings (SSSR count). The fourth-order valence-corrected chi connectivity index (χ4v) is 3.30. The minimum Gasteiger partial charge on any atom is -0.396 e. The molecule has 5 nitrogen and oxygen atoms in total. The largest absolute Gasteiger partial charge is 0.396 e. The number of aliphatic hydroxyl groups is 1. The van der Waals surface area contributed by atoms with Crippen LogP contribution in [0.15, 0.2) is 0 Å². The Morgan fingerprint density at radius 2 is 1.76 bits per heavy atom. The van der Waals surface area contributed by atoms with Crippen molar-refractivity contribution in [3.63, 3.8) is 0 Å². The second-order valence-corrected chi connectivity index (χ2v) is 7.07. The summed E-state index contributed by atoms with van der Waals surface area (Å²) < 4.78 is 0. The predicted molar refractivity (Wildman–Crippen MR) is 78.4 cm³/mol. The van der Waals surface area contributed by atoms with Crippen LogP contribution < -0.4 is 5.32 Å². The highest BCUT2D eigenvalue weighted by atomic mass is 16.3. The Balaban J connectivity index is 1.39. The van der Waals surface area contributed by atoms with E-state index >= 15 is 0 Å². The summed E-state index contributed by atoms with van der Waals surface area (Å²) in [7, 11) is 0. The van der Waals surface area contributed by atoms with Crippen LogP contribution in [0.4, 0.5) is 0 Å². The van der Waals surface area contributed by atoms with Crippen LogP contribution in [0.25, 0.3) is 0 Å². The summed E-state index contributed by atoms with van der Waals surface area (Å²) in [6, 6.07) is 0. The number of rotatable bonds is 6. The lowest BCUT2D eigenvalue weighted by atomic mass is 9.95. The lowest BCUT2D eigenvalue weighted by molar-refractivity contribution is -0.136. The monoisotopic (exact) mass is 294 g/mol. The van der Waals surface area contributed by atoms with Gasteiger partial charge in [0.15, 0.2) is 0 Å². The third-order valence-corrected chi connectivity index (χ3v) is 5.34. The number of carbonyl (C=O) groups is 2. The van der Waals surface area contributed by atoms with Gasteiger partial charge in [-0.05, 0) is 50.4 Å². The average molecular weight is 294 g/mol. The zero-order valence-corrected chi connectivity index (χ0v) is 12.6. The first-order chi connectivity index (χ1) is 10.1. The van der Waals surface area contributed by atoms with E-state index in [1.165, 1.54) is 0 Å². The first-order valence-electron chi connectivity index (χ1n) is 8.31. The van der Waals surface area contributed by atoms with Crippen LogP contribution in [0.2, 0.25) is 0 Å². The zero-order valence-electron chi connectivity index (χ0n) is 12.6. The Morgan fingerprint density at radius 3 is 2.29 bits per heavy atom. The molecule has 1 aliphatic heterocycles. The number of amides is 2. The maximum atomic E-state index is 12.2. The van der Waals surface area contributed by atoms with Crippen molar-refractivity contribution < 1.29 is 14.7 Å². The van der Waals surface area contributed by atoms with E-state index in [1.54, 1.807) is 0 Å². The van der Waals surface area contributed by atoms with Crippen molar-refractivity contribution in [3.8, 4) is 0 Å². The Kier molecular flexibility index (Phi) is 4.20. The smallest absolute Gasteiger partial charge is 0.225 e. The molecule has 2 saturated carbocycles. The van der Waals surface area contributed by atoms with E-state index in [0.29, 0.717) is 12.5 Å². The molecule has 0 unspecified atom stereocenters. The van der Waals surface area contributed by atoms with Gasteiger partial charge >= 0.3 is 0 Å². The van der Waals surface area contributed by atoms with Gasteiger partial charge in [-0.15, -0.1) is 0 Å². The van der Waals surface area contributed by atoms with Gasteiger partial charge < -0.3 is 15.3 Å². The fraction of sp³-hybridized carbons (Fsp3) is 0.875. The van der Waals surface area contributed by atoms with Gasteiger partial charge in [0, 0.05) is 38.1 Å². The topological polar surface area (TPSA) is 69.6 Å². The predicted octanol–water partition coefficient (Wildman–Crippen LogP) is 0.914. The molecule has 3 aliphatic rings. The minimum absolute atomic E-state index is 0.0539. The molecule has 1 saturated heterocycles. The molecule has 0 radical (unpaired) electrons. The maximum absolute atomic E-state index is 12.2. The molecule has 1 heterocycles. The zero-order chi connectivity index (χ0) is 14.9. The van der Waals surface area contributed by atoms with E-state index in [2.05, 4.69) is 5.32 Å². The van der Waals surface area contributed by atoms with E-state index in [1.807, 2.05) is 4.90 Å². The van der Waals surface area contributed by atoms with Gasteiger partial charge in [-0.25, -0.2) is 0 Å². The second kappa shape index (κ2) is 5.95. The van der Waals surface area contributed by atoms with Gasteiger partial charge in [-0.3, -0.25) is 9.59 Å². The lowest BCUT2D eigenvalue weighted by Gasteiger charge is -2.31. The summed E-state index contributed by atoms with van der Waals surface area (Å²) in [6.07, 6.45) is 6.69. The highest BCUT2D eigenvalue weighted by Crippen LogP contribution is 2.47. The van der Waals surface area contributed by atoms with Crippen LogP contribution in [0.5, 0.6) is 0 Å². The standard InChI is InChI=1S/C16H26N2O3/c19-10-7-16(5-6-16)11-17-14(20)12-3-8-18(9-4-12)15(21)13-1-2-13/h12-13,19H,1-11H2,(H,17,20). The summed E-state index contributed by atoms with van der Waals surface area (Å²) in [5.41, 5.74) is 0.174. The number of hydrogen-bond donors (Lipinski definition) is 2. The number of carbonyl (C=O) groups excluding carboxylic acids is 2. The molecule has 0 bridgehead atoms. The summed E-state index contributed by atoms with van der Waals surface area (Å²) in [6.45, 7) is 2.37. The normalized spacial score (nSPS) is 24.7. The lowest BCUT2D eigenvalue weighted by Crippen LogP contribution is -2.44. The Morgan fingerprint density at radius 1 is 1.10 bits per heavy atom. The van der Waals surface area contributed by atoms with Crippen molar-refractivity contribution >= 4 is 11.8 Å². The van der Waals surface area contributed by atoms with Gasteiger partial charge in [-0.1, -0.05) is 0 Å². The molecule has 2 aliphatic carbocycles. The van der Waals surface area contributed by atoms with E-state index in [9.17, 15) is 9.59 Å². The average Bonchev–Trinajstić information content (AvgIpc) is 3.39. The number of nitrogens with one attached hydrogen (secondary N) is 1. The van der Waals surface area contributed by atoms with Crippen LogP contribution in [0.1, 0.15) is 44.9 Å². The third kappa shape index (κ3) is 3.57. The third-order valence-electron chi connectivity index (χ3n) is 5.34. The molecular weight excluding hydrogens is 268 g/mol. The number of nitrogens with zero attached hydrogens (tertiary/aromatic N) is 1. The van der Waals surface area contributed by atoms with Crippen LogP contribution in [-0.2, 0) is 9.59 Å². The number of hydrogen-bond acceptors (Lipinski definition) is 3. The maximum Gasteiger partial charge on any atom is 0.225 e. The van der Waals surface area contributed by atoms with Crippen molar-refractivity contribution in [2.24, 2.45) is 17.3 Å². The van der Waals surface area contributed by atoms with Gasteiger partial charge in [0.2, 0.25) is 11.8 Å². The molecule has 0 aromatic rings. The van der Waals surface area contributed by atoms with E-state index in [4.69, 9.17) is 5.11 Å². The van der Waals surface area contributed by atoms with Crippen LogP contribution >= 0.6 is 0 Å². The van der Waals surface area contributed by atoms with Crippen molar-refractivity contribution in [3.05, 3.63) is 0 Å². The van der Waals surface area contributed by atoms with Crippen molar-refractivity contribution in [1.82, 2.24) is 10.2 Å². The molecule has 5 heteroatoms. The van der Waals surface area contributed by atoms with Gasteiger partial charge in [-0.2, -0.15) is 0 Å². The molecule has 2 amide bonds. The van der Waals surface area contributed by atoms with E-state index in [0.717, 1.165) is 58.0 Å². The highest BCUT2D eigenvalue weighted by Gasteiger charge is 2.42. The van der Waals surface area contributed by atoms with Crippen LogP contribution in [0.3, 0.4) is 0 Å². The SMILES string of the molecule is O=C(NCC1(CCO)CC1)C1CCN(C(=O)C2CC2)CC1. The Hall–Kier alpha value is -1.10. The molecule has 0 aromatic heterocycles. The molecule has 0 aromatic carbocycles. The van der Waals surface area contributed by atoms with Crippen molar-refractivity contribution in [2.45, 2.75) is 44.9 Å². The molecule has 3 fully saturated rings. The van der Waals surface area contributed by atoms with Crippen molar-refractivity contribution in [2.75, 3.05) is 26.2 Å². The minimum atomic E-state index is 0.0539. The van der Waals surface area contributed by atoms with E-state index in [-0.39, 0.29) is 29.8 Å². The Bertz CT molecular complexity index is 408. The molecular formula is C16H26N2O3. The number of likely N-dealkylation sites (tertiary alicyclic amines) is 1. The second-order valence-electron chi connectivity index (χ2n) is 7.07. The molecule has 118 valence electrons. The van der Waals surface area contributed by atoms with Gasteiger partial charge in [0.1, 0.15) is 0 Å². The summed E-state index contributed by atoms with van der Waals surface area (Å²) >= 11 is 0. The van der Waals surface area contributed by atoms with Gasteiger partial charge in [0.25, 0.3) is 0 Å². The van der Waals surface area contributed by atoms with Crippen molar-refractivity contribution in [1.29, 1.82) is 0 Å². The summed E-state index contributed by atoms with van der Waals surface area (Å²) in [5, 5.41) is 12.1. The number of piperidine rings is 1. The quantitative estimate of drug-likeness (QED) is 0.765. The number of aliphatic hydroxyl groups excluding tert-OH is 1. The first kappa shape index (κ1) is 14.8. The van der Waals surface area contributed by atoms with Gasteiger partial charge in [0.05, 0.1) is 0 Å². The fourth-order valence-electron chi connectivity index (χ4n) is 3.30. The first-order valence-corrected chi connectivity index (χ1v) is 8.31. The molecule has 0 atom stereocenters. The molecule has 21 heavy (non-hydrogen) atoms. The summed E-state index contributed by atoms with van der Waals surface area (Å²) in [5.74, 6) is 0.772.